The lowest BCUT2D eigenvalue weighted by Crippen LogP contribution is -2.44. The van der Waals surface area contributed by atoms with Crippen LogP contribution < -0.4 is 10.7 Å². The molecule has 1 unspecified atom stereocenters. The van der Waals surface area contributed by atoms with Crippen LogP contribution in [0.2, 0.25) is 10.0 Å². The molecule has 0 saturated heterocycles. The van der Waals surface area contributed by atoms with Gasteiger partial charge in [0.2, 0.25) is 0 Å². The third kappa shape index (κ3) is 3.71. The van der Waals surface area contributed by atoms with Gasteiger partial charge < -0.3 is 9.94 Å². The van der Waals surface area contributed by atoms with E-state index in [2.05, 4.69) is 5.10 Å². The maximum absolute atomic E-state index is 12.8. The molecular weight excluding hydrogens is 433 g/mol. The van der Waals surface area contributed by atoms with Crippen LogP contribution in [0.25, 0.3) is 0 Å². The van der Waals surface area contributed by atoms with Crippen molar-refractivity contribution in [2.75, 3.05) is 5.01 Å². The van der Waals surface area contributed by atoms with Crippen molar-refractivity contribution >= 4 is 49.9 Å². The Balaban J connectivity index is 2.64. The van der Waals surface area contributed by atoms with Gasteiger partial charge in [-0.25, -0.2) is 5.01 Å². The van der Waals surface area contributed by atoms with Crippen molar-refractivity contribution in [3.05, 3.63) is 27.7 Å². The quantitative estimate of drug-likeness (QED) is 0.413. The summed E-state index contributed by atoms with van der Waals surface area (Å²) >= 11 is 11.5. The lowest BCUT2D eigenvalue weighted by molar-refractivity contribution is -0.137. The molecule has 0 fully saturated rings. The highest BCUT2D eigenvalue weighted by atomic mass is 35.5. The van der Waals surface area contributed by atoms with Crippen LogP contribution in [0.3, 0.4) is 0 Å². The van der Waals surface area contributed by atoms with E-state index in [0.717, 1.165) is 0 Å². The molecule has 1 aliphatic rings. The fraction of sp³-hybridized carbons (Fsp3) is 0.250. The third-order valence-corrected chi connectivity index (χ3v) is 4.89. The molecule has 1 aromatic carbocycles. The average molecular weight is 438 g/mol. The van der Waals surface area contributed by atoms with Crippen molar-refractivity contribution in [1.29, 1.82) is 5.26 Å². The highest BCUT2D eigenvalue weighted by Gasteiger charge is 2.36. The lowest BCUT2D eigenvalue weighted by Gasteiger charge is -2.26. The van der Waals surface area contributed by atoms with Gasteiger partial charge in [-0.2, -0.15) is 47.1 Å². The van der Waals surface area contributed by atoms with Gasteiger partial charge in [-0.15, -0.1) is 0 Å². The van der Waals surface area contributed by atoms with E-state index < -0.39 is 60.1 Å². The summed E-state index contributed by atoms with van der Waals surface area (Å²) in [4.78, 5) is -1.06. The molecule has 0 aliphatic carbocycles. The zero-order chi connectivity index (χ0) is 20.0. The second-order valence-electron chi connectivity index (χ2n) is 4.71. The molecular formula is C12H5Cl2F6N4OS-. The molecule has 0 aromatic heterocycles. The zero-order valence-corrected chi connectivity index (χ0v) is 14.3. The first kappa shape index (κ1) is 20.6. The summed E-state index contributed by atoms with van der Waals surface area (Å²) in [6.07, 6.45) is -6.66. The predicted octanol–water partition coefficient (Wildman–Crippen LogP) is 3.65. The molecule has 1 aliphatic heterocycles. The number of nitriles is 1. The van der Waals surface area contributed by atoms with Gasteiger partial charge in [-0.1, -0.05) is 28.1 Å². The van der Waals surface area contributed by atoms with Crippen molar-refractivity contribution in [3.8, 4) is 6.07 Å². The monoisotopic (exact) mass is 437 g/mol. The van der Waals surface area contributed by atoms with E-state index in [0.29, 0.717) is 17.1 Å². The van der Waals surface area contributed by atoms with E-state index in [1.54, 1.807) is 0 Å². The third-order valence-electron chi connectivity index (χ3n) is 3.06. The first-order chi connectivity index (χ1) is 11.8. The molecule has 1 heterocycles. The van der Waals surface area contributed by atoms with E-state index in [4.69, 9.17) is 34.2 Å². The fourth-order valence-corrected chi connectivity index (χ4v) is 3.50. The first-order valence-corrected chi connectivity index (χ1v) is 8.15. The molecule has 14 heteroatoms. The lowest BCUT2D eigenvalue weighted by atomic mass is 10.2. The second-order valence-corrected chi connectivity index (χ2v) is 6.97. The van der Waals surface area contributed by atoms with E-state index in [-0.39, 0.29) is 0 Å². The minimum Gasteiger partial charge on any atom is -0.453 e. The van der Waals surface area contributed by atoms with E-state index in [1.807, 2.05) is 0 Å². The number of halogens is 8. The smallest absolute Gasteiger partial charge is 0.416 e. The largest absolute Gasteiger partial charge is 0.453 e. The Hall–Kier alpha value is -1.68. The predicted molar refractivity (Wildman–Crippen MR) is 84.1 cm³/mol. The normalized spacial score (nSPS) is 20.8. The number of hydrogen-bond acceptors (Lipinski definition) is 6. The summed E-state index contributed by atoms with van der Waals surface area (Å²) in [6, 6.07) is 2.24. The number of nitrogens with two attached hydrogens (primary N) is 1. The second kappa shape index (κ2) is 6.80. The summed E-state index contributed by atoms with van der Waals surface area (Å²) < 4.78 is 88.0. The molecule has 142 valence electrons. The van der Waals surface area contributed by atoms with Crippen LogP contribution in [0.4, 0.5) is 32.0 Å². The Morgan fingerprint density at radius 1 is 1.19 bits per heavy atom. The molecule has 0 saturated carbocycles. The number of hydrazone groups is 1. The van der Waals surface area contributed by atoms with Gasteiger partial charge in [0.15, 0.2) is 0 Å². The van der Waals surface area contributed by atoms with Crippen LogP contribution in [0.15, 0.2) is 17.2 Å². The number of benzene rings is 1. The van der Waals surface area contributed by atoms with Crippen molar-refractivity contribution in [3.63, 3.8) is 0 Å². The van der Waals surface area contributed by atoms with Crippen LogP contribution in [0.1, 0.15) is 5.56 Å². The molecule has 5 nitrogen and oxygen atoms in total. The summed E-state index contributed by atoms with van der Waals surface area (Å²) in [5, 5.41) is 11.7. The number of nitrogens with zero attached hydrogens (tertiary/aromatic N) is 3. The van der Waals surface area contributed by atoms with E-state index >= 15 is 0 Å². The maximum Gasteiger partial charge on any atom is 0.416 e. The van der Waals surface area contributed by atoms with Gasteiger partial charge >= 0.3 is 11.7 Å². The number of rotatable bonds is 1. The highest BCUT2D eigenvalue weighted by Crippen LogP contribution is 2.41. The first-order valence-electron chi connectivity index (χ1n) is 6.24. The molecule has 0 spiro atoms. The Morgan fingerprint density at radius 3 is 2.08 bits per heavy atom. The standard InChI is InChI=1S/C12H5Cl2F6N4OS/c13-5-1-4(11(15,16)17)2-6(14)8(5)24-10(22)9(7(3-21)23-24)26(25)12(18,19)20/h1-2,10H,22H2/q-1. The van der Waals surface area contributed by atoms with Crippen molar-refractivity contribution < 1.29 is 30.6 Å². The minimum absolute atomic E-state index is 0.462. The minimum atomic E-state index is -5.23. The summed E-state index contributed by atoms with van der Waals surface area (Å²) in [5.41, 5.74) is -2.23. The van der Waals surface area contributed by atoms with Crippen LogP contribution >= 0.6 is 23.2 Å². The summed E-state index contributed by atoms with van der Waals surface area (Å²) in [6.45, 7) is 0. The Morgan fingerprint density at radius 2 is 1.69 bits per heavy atom. The van der Waals surface area contributed by atoms with Gasteiger partial charge in [0, 0.05) is 0 Å². The summed E-state index contributed by atoms with van der Waals surface area (Å²) in [7, 11) is -3.67. The average Bonchev–Trinajstić information content (AvgIpc) is 2.80. The molecule has 1 atom stereocenters. The van der Waals surface area contributed by atoms with Gasteiger partial charge in [-0.05, 0) is 12.1 Å². The number of anilines is 1. The molecule has 0 amide bonds. The molecule has 26 heavy (non-hydrogen) atoms. The van der Waals surface area contributed by atoms with Crippen LogP contribution in [0.5, 0.6) is 0 Å². The highest BCUT2D eigenvalue weighted by molar-refractivity contribution is 7.87. The topological polar surface area (TPSA) is 82.5 Å². The summed E-state index contributed by atoms with van der Waals surface area (Å²) in [5.74, 6) is 0. The van der Waals surface area contributed by atoms with E-state index in [1.165, 1.54) is 6.07 Å². The van der Waals surface area contributed by atoms with Gasteiger partial charge in [-0.3, -0.25) is 0 Å². The Kier molecular flexibility index (Phi) is 5.40. The van der Waals surface area contributed by atoms with Crippen LogP contribution in [-0.2, 0) is 20.8 Å². The fourth-order valence-electron chi connectivity index (χ4n) is 2.01. The Labute approximate surface area is 153 Å². The molecule has 2 rings (SSSR count). The van der Waals surface area contributed by atoms with Crippen molar-refractivity contribution in [1.82, 2.24) is 0 Å². The van der Waals surface area contributed by atoms with Crippen LogP contribution in [0, 0.1) is 11.3 Å². The van der Waals surface area contributed by atoms with Crippen molar-refractivity contribution in [2.24, 2.45) is 10.8 Å². The Bertz CT molecular complexity index is 891. The molecule has 1 aromatic rings. The SMILES string of the molecule is N#CC1=NN(c2c(Cl)cc(C(F)(F)F)cc2Cl)C(N)C1=[S-](=O)C(F)(F)F. The van der Waals surface area contributed by atoms with Gasteiger partial charge in [0.1, 0.15) is 17.9 Å². The molecule has 0 bridgehead atoms. The number of hydrogen-bond donors (Lipinski definition) is 1. The van der Waals surface area contributed by atoms with E-state index in [9.17, 15) is 30.6 Å². The zero-order valence-electron chi connectivity index (χ0n) is 12.0. The van der Waals surface area contributed by atoms with Gasteiger partial charge in [0.05, 0.1) is 21.3 Å². The maximum atomic E-state index is 12.8. The van der Waals surface area contributed by atoms with Crippen molar-refractivity contribution in [2.45, 2.75) is 17.9 Å². The van der Waals surface area contributed by atoms with Gasteiger partial charge in [0.25, 0.3) is 0 Å². The molecule has 0 radical (unpaired) electrons. The van der Waals surface area contributed by atoms with Crippen LogP contribution in [-0.4, -0.2) is 22.3 Å². The number of alkyl halides is 6. The molecule has 2 N–H and O–H groups in total.